The molecular formula is C24H25N3O3. The highest BCUT2D eigenvalue weighted by Crippen LogP contribution is 2.46. The molecule has 2 aromatic rings. The van der Waals surface area contributed by atoms with E-state index < -0.39 is 12.1 Å². The number of aliphatic hydroxyl groups excluding tert-OH is 1. The molecule has 1 heterocycles. The minimum absolute atomic E-state index is 0.00729. The monoisotopic (exact) mass is 403 g/mol. The van der Waals surface area contributed by atoms with Crippen LogP contribution in [0.2, 0.25) is 0 Å². The van der Waals surface area contributed by atoms with Crippen molar-refractivity contribution >= 4 is 11.8 Å². The van der Waals surface area contributed by atoms with E-state index in [4.69, 9.17) is 0 Å². The van der Waals surface area contributed by atoms with Crippen molar-refractivity contribution in [2.24, 2.45) is 5.92 Å². The molecule has 0 spiro atoms. The number of nitriles is 1. The predicted molar refractivity (Wildman–Crippen MR) is 112 cm³/mol. The number of benzene rings is 2. The molecule has 6 nitrogen and oxygen atoms in total. The van der Waals surface area contributed by atoms with Crippen LogP contribution in [0.4, 0.5) is 0 Å². The van der Waals surface area contributed by atoms with Gasteiger partial charge in [0.15, 0.2) is 0 Å². The van der Waals surface area contributed by atoms with E-state index in [0.29, 0.717) is 5.56 Å². The quantitative estimate of drug-likeness (QED) is 0.832. The van der Waals surface area contributed by atoms with Gasteiger partial charge in [-0.25, -0.2) is 0 Å². The largest absolute Gasteiger partial charge is 0.394 e. The second kappa shape index (κ2) is 7.92. The molecule has 2 fully saturated rings. The van der Waals surface area contributed by atoms with Crippen molar-refractivity contribution in [3.05, 3.63) is 59.7 Å². The van der Waals surface area contributed by atoms with Gasteiger partial charge in [-0.05, 0) is 41.7 Å². The molecule has 0 unspecified atom stereocenters. The molecule has 154 valence electrons. The van der Waals surface area contributed by atoms with Crippen molar-refractivity contribution in [1.29, 1.82) is 5.26 Å². The number of hydrogen-bond acceptors (Lipinski definition) is 4. The smallest absolute Gasteiger partial charge is 0.253 e. The average Bonchev–Trinajstić information content (AvgIpc) is 3.59. The summed E-state index contributed by atoms with van der Waals surface area (Å²) in [6.07, 6.45) is 1.73. The Balaban J connectivity index is 1.67. The standard InChI is InChI=1S/C24H25N3O3/c1-26(2)23(29)16-9-7-15(8-10-16)18-5-3-4-6-19(18)22-20(13-25)27(21(22)14-28)24(30)17-11-12-17/h3-10,17,20-22,28H,11-12,14H2,1-2H3/t20-,21+,22+/m1/s1. The highest BCUT2D eigenvalue weighted by atomic mass is 16.3. The van der Waals surface area contributed by atoms with Crippen LogP contribution < -0.4 is 0 Å². The molecule has 1 aliphatic carbocycles. The van der Waals surface area contributed by atoms with Gasteiger partial charge in [0.25, 0.3) is 5.91 Å². The summed E-state index contributed by atoms with van der Waals surface area (Å²) in [7, 11) is 3.43. The fourth-order valence-electron chi connectivity index (χ4n) is 4.33. The second-order valence-corrected chi connectivity index (χ2v) is 8.23. The molecule has 30 heavy (non-hydrogen) atoms. The van der Waals surface area contributed by atoms with Crippen molar-refractivity contribution < 1.29 is 14.7 Å². The van der Waals surface area contributed by atoms with E-state index in [1.54, 1.807) is 31.1 Å². The van der Waals surface area contributed by atoms with Gasteiger partial charge in [-0.15, -0.1) is 0 Å². The number of nitrogens with zero attached hydrogens (tertiary/aromatic N) is 3. The zero-order valence-electron chi connectivity index (χ0n) is 17.2. The van der Waals surface area contributed by atoms with Crippen LogP contribution in [-0.4, -0.2) is 59.5 Å². The average molecular weight is 403 g/mol. The fourth-order valence-corrected chi connectivity index (χ4v) is 4.33. The van der Waals surface area contributed by atoms with E-state index in [1.165, 1.54) is 4.90 Å². The first kappa shape index (κ1) is 20.1. The van der Waals surface area contributed by atoms with E-state index in [-0.39, 0.29) is 30.3 Å². The number of aliphatic hydroxyl groups is 1. The first-order valence-corrected chi connectivity index (χ1v) is 10.2. The van der Waals surface area contributed by atoms with Gasteiger partial charge in [0.2, 0.25) is 5.91 Å². The van der Waals surface area contributed by atoms with Crippen LogP contribution in [0.5, 0.6) is 0 Å². The molecule has 4 rings (SSSR count). The maximum atomic E-state index is 12.6. The number of rotatable bonds is 5. The summed E-state index contributed by atoms with van der Waals surface area (Å²) in [6.45, 7) is -0.175. The van der Waals surface area contributed by atoms with Gasteiger partial charge >= 0.3 is 0 Å². The van der Waals surface area contributed by atoms with Crippen LogP contribution in [0.25, 0.3) is 11.1 Å². The van der Waals surface area contributed by atoms with E-state index >= 15 is 0 Å². The molecule has 6 heteroatoms. The Morgan fingerprint density at radius 1 is 1.13 bits per heavy atom. The molecule has 0 radical (unpaired) electrons. The molecule has 2 aromatic carbocycles. The SMILES string of the molecule is CN(C)C(=O)c1ccc(-c2ccccc2[C@H]2[C@@H](C#N)N(C(=O)C3CC3)[C@H]2CO)cc1. The third kappa shape index (κ3) is 3.35. The lowest BCUT2D eigenvalue weighted by atomic mass is 9.73. The van der Waals surface area contributed by atoms with Crippen LogP contribution >= 0.6 is 0 Å². The van der Waals surface area contributed by atoms with E-state index in [9.17, 15) is 20.0 Å². The Bertz CT molecular complexity index is 1010. The molecule has 1 aliphatic heterocycles. The molecule has 0 aromatic heterocycles. The van der Waals surface area contributed by atoms with Gasteiger partial charge in [0.05, 0.1) is 18.7 Å². The Hall–Kier alpha value is -3.17. The normalized spacial score (nSPS) is 22.7. The maximum Gasteiger partial charge on any atom is 0.253 e. The van der Waals surface area contributed by atoms with Crippen molar-refractivity contribution in [1.82, 2.24) is 9.80 Å². The summed E-state index contributed by atoms with van der Waals surface area (Å²) < 4.78 is 0. The number of amides is 2. The summed E-state index contributed by atoms with van der Waals surface area (Å²) >= 11 is 0. The number of hydrogen-bond donors (Lipinski definition) is 1. The predicted octanol–water partition coefficient (Wildman–Crippen LogP) is 2.64. The summed E-state index contributed by atoms with van der Waals surface area (Å²) in [5.41, 5.74) is 3.42. The third-order valence-electron chi connectivity index (χ3n) is 6.08. The lowest BCUT2D eigenvalue weighted by Gasteiger charge is -2.52. The molecule has 2 amide bonds. The van der Waals surface area contributed by atoms with Crippen LogP contribution in [0.3, 0.4) is 0 Å². The Morgan fingerprint density at radius 2 is 1.80 bits per heavy atom. The molecular weight excluding hydrogens is 378 g/mol. The zero-order valence-corrected chi connectivity index (χ0v) is 17.2. The van der Waals surface area contributed by atoms with E-state index in [0.717, 1.165) is 29.5 Å². The Morgan fingerprint density at radius 3 is 2.37 bits per heavy atom. The van der Waals surface area contributed by atoms with Gasteiger partial charge in [0.1, 0.15) is 6.04 Å². The highest BCUT2D eigenvalue weighted by Gasteiger charge is 2.54. The van der Waals surface area contributed by atoms with Crippen LogP contribution in [0, 0.1) is 17.2 Å². The summed E-state index contributed by atoms with van der Waals surface area (Å²) in [4.78, 5) is 27.9. The second-order valence-electron chi connectivity index (χ2n) is 8.23. The Kier molecular flexibility index (Phi) is 5.31. The first-order valence-electron chi connectivity index (χ1n) is 10.2. The number of carbonyl (C=O) groups is 2. The molecule has 1 saturated heterocycles. The van der Waals surface area contributed by atoms with Crippen LogP contribution in [0.1, 0.15) is 34.7 Å². The van der Waals surface area contributed by atoms with Gasteiger partial charge in [0, 0.05) is 31.5 Å². The molecule has 0 bridgehead atoms. The molecule has 1 saturated carbocycles. The van der Waals surface area contributed by atoms with E-state index in [1.807, 2.05) is 36.4 Å². The topological polar surface area (TPSA) is 84.6 Å². The lowest BCUT2D eigenvalue weighted by Crippen LogP contribution is -2.65. The van der Waals surface area contributed by atoms with Gasteiger partial charge in [-0.2, -0.15) is 5.26 Å². The first-order chi connectivity index (χ1) is 14.5. The minimum atomic E-state index is -0.578. The molecule has 1 N–H and O–H groups in total. The lowest BCUT2D eigenvalue weighted by molar-refractivity contribution is -0.148. The van der Waals surface area contributed by atoms with Gasteiger partial charge < -0.3 is 14.9 Å². The number of likely N-dealkylation sites (tertiary alicyclic amines) is 1. The zero-order chi connectivity index (χ0) is 21.4. The van der Waals surface area contributed by atoms with Gasteiger partial charge in [-0.3, -0.25) is 9.59 Å². The number of carbonyl (C=O) groups excluding carboxylic acids is 2. The van der Waals surface area contributed by atoms with Gasteiger partial charge in [-0.1, -0.05) is 36.4 Å². The van der Waals surface area contributed by atoms with Crippen LogP contribution in [-0.2, 0) is 4.79 Å². The summed E-state index contributed by atoms with van der Waals surface area (Å²) in [5, 5.41) is 19.8. The van der Waals surface area contributed by atoms with Crippen molar-refractivity contribution in [3.63, 3.8) is 0 Å². The minimum Gasteiger partial charge on any atom is -0.394 e. The van der Waals surface area contributed by atoms with Crippen molar-refractivity contribution in [2.45, 2.75) is 30.8 Å². The maximum absolute atomic E-state index is 12.6. The highest BCUT2D eigenvalue weighted by molar-refractivity contribution is 5.94. The third-order valence-corrected chi connectivity index (χ3v) is 6.08. The molecule has 3 atom stereocenters. The summed E-state index contributed by atoms with van der Waals surface area (Å²) in [6, 6.07) is 16.5. The molecule has 2 aliphatic rings. The Labute approximate surface area is 176 Å². The van der Waals surface area contributed by atoms with E-state index in [2.05, 4.69) is 6.07 Å². The van der Waals surface area contributed by atoms with Crippen molar-refractivity contribution in [3.8, 4) is 17.2 Å². The summed E-state index contributed by atoms with van der Waals surface area (Å²) in [5.74, 6) is -0.316. The van der Waals surface area contributed by atoms with Crippen LogP contribution in [0.15, 0.2) is 48.5 Å². The fraction of sp³-hybridized carbons (Fsp3) is 0.375. The van der Waals surface area contributed by atoms with Crippen molar-refractivity contribution in [2.75, 3.05) is 20.7 Å².